The first kappa shape index (κ1) is 29.4. The number of benzene rings is 4. The average molecular weight is 562 g/mol. The zero-order valence-electron chi connectivity index (χ0n) is 25.2. The van der Waals surface area contributed by atoms with E-state index in [0.717, 1.165) is 50.4 Å². The quantitative estimate of drug-likeness (QED) is 0.196. The largest absolute Gasteiger partial charge is 0.496 e. The minimum absolute atomic E-state index is 0.000875. The van der Waals surface area contributed by atoms with E-state index in [4.69, 9.17) is 4.74 Å². The smallest absolute Gasteiger partial charge is 0.258 e. The molecule has 1 heterocycles. The van der Waals surface area contributed by atoms with Gasteiger partial charge < -0.3 is 14.5 Å². The van der Waals surface area contributed by atoms with Crippen molar-refractivity contribution >= 4 is 11.6 Å². The van der Waals surface area contributed by atoms with Gasteiger partial charge in [0.2, 0.25) is 0 Å². The van der Waals surface area contributed by atoms with E-state index in [1.807, 2.05) is 35.2 Å². The lowest BCUT2D eigenvalue weighted by atomic mass is 9.88. The summed E-state index contributed by atoms with van der Waals surface area (Å²) in [6.45, 7) is 9.61. The number of methoxy groups -OCH3 is 1. The first-order valence-corrected chi connectivity index (χ1v) is 15.1. The van der Waals surface area contributed by atoms with Gasteiger partial charge in [0.15, 0.2) is 0 Å². The van der Waals surface area contributed by atoms with Crippen LogP contribution in [0.5, 0.6) is 5.75 Å². The molecule has 0 saturated carbocycles. The van der Waals surface area contributed by atoms with E-state index >= 15 is 0 Å². The Labute approximate surface area is 251 Å². The Morgan fingerprint density at radius 3 is 1.90 bits per heavy atom. The molecular weight excluding hydrogens is 518 g/mol. The molecule has 0 unspecified atom stereocenters. The van der Waals surface area contributed by atoms with E-state index in [9.17, 15) is 4.79 Å². The lowest BCUT2D eigenvalue weighted by molar-refractivity contribution is 0.0687. The van der Waals surface area contributed by atoms with Crippen LogP contribution in [0.3, 0.4) is 0 Å². The maximum Gasteiger partial charge on any atom is 0.258 e. The Kier molecular flexibility index (Phi) is 9.94. The normalized spacial score (nSPS) is 13.9. The van der Waals surface area contributed by atoms with Gasteiger partial charge in [0.1, 0.15) is 5.75 Å². The summed E-state index contributed by atoms with van der Waals surface area (Å²) in [6, 6.07) is 38.0. The minimum Gasteiger partial charge on any atom is -0.496 e. The van der Waals surface area contributed by atoms with Crippen molar-refractivity contribution in [3.63, 3.8) is 0 Å². The van der Waals surface area contributed by atoms with Crippen LogP contribution in [-0.4, -0.2) is 61.6 Å². The molecule has 1 fully saturated rings. The van der Waals surface area contributed by atoms with Crippen LogP contribution < -0.4 is 9.64 Å². The monoisotopic (exact) mass is 561 g/mol. The predicted molar refractivity (Wildman–Crippen MR) is 172 cm³/mol. The van der Waals surface area contributed by atoms with E-state index in [0.29, 0.717) is 23.8 Å². The van der Waals surface area contributed by atoms with E-state index in [1.54, 1.807) is 7.11 Å². The third kappa shape index (κ3) is 7.21. The molecule has 1 aliphatic rings. The highest BCUT2D eigenvalue weighted by Crippen LogP contribution is 2.30. The highest BCUT2D eigenvalue weighted by Gasteiger charge is 2.25. The number of piperazine rings is 1. The van der Waals surface area contributed by atoms with Crippen molar-refractivity contribution in [1.29, 1.82) is 0 Å². The number of nitrogens with zero attached hydrogens (tertiary/aromatic N) is 3. The van der Waals surface area contributed by atoms with Crippen molar-refractivity contribution in [3.05, 3.63) is 131 Å². The van der Waals surface area contributed by atoms with E-state index in [2.05, 4.69) is 103 Å². The first-order valence-electron chi connectivity index (χ1n) is 15.1. The molecule has 0 aliphatic carbocycles. The number of amides is 1. The summed E-state index contributed by atoms with van der Waals surface area (Å²) >= 11 is 0. The highest BCUT2D eigenvalue weighted by atomic mass is 16.5. The molecule has 0 N–H and O–H groups in total. The van der Waals surface area contributed by atoms with Crippen molar-refractivity contribution in [2.45, 2.75) is 38.8 Å². The van der Waals surface area contributed by atoms with Crippen LogP contribution >= 0.6 is 0 Å². The van der Waals surface area contributed by atoms with Gasteiger partial charge in [-0.05, 0) is 61.7 Å². The summed E-state index contributed by atoms with van der Waals surface area (Å²) in [6.07, 6.45) is 1.08. The molecule has 1 saturated heterocycles. The number of carbonyl (C=O) groups excluding carboxylic acids is 1. The van der Waals surface area contributed by atoms with E-state index in [-0.39, 0.29) is 11.9 Å². The molecule has 5 heteroatoms. The van der Waals surface area contributed by atoms with Gasteiger partial charge in [-0.1, -0.05) is 91.0 Å². The number of ether oxygens (including phenoxy) is 1. The van der Waals surface area contributed by atoms with Crippen LogP contribution in [0.15, 0.2) is 109 Å². The zero-order chi connectivity index (χ0) is 29.3. The summed E-state index contributed by atoms with van der Waals surface area (Å²) in [7, 11) is 1.64. The third-order valence-corrected chi connectivity index (χ3v) is 8.37. The highest BCUT2D eigenvalue weighted by molar-refractivity contribution is 5.98. The molecule has 0 radical (unpaired) electrons. The number of hydrogen-bond donors (Lipinski definition) is 0. The van der Waals surface area contributed by atoms with Gasteiger partial charge in [0.05, 0.1) is 12.7 Å². The van der Waals surface area contributed by atoms with Crippen LogP contribution in [0.4, 0.5) is 5.69 Å². The average Bonchev–Trinajstić information content (AvgIpc) is 3.05. The maximum absolute atomic E-state index is 13.9. The van der Waals surface area contributed by atoms with Gasteiger partial charge in [-0.3, -0.25) is 9.69 Å². The Morgan fingerprint density at radius 2 is 1.36 bits per heavy atom. The van der Waals surface area contributed by atoms with Crippen LogP contribution in [-0.2, 0) is 6.54 Å². The predicted octanol–water partition coefficient (Wildman–Crippen LogP) is 7.09. The molecule has 1 amide bonds. The molecule has 5 nitrogen and oxygen atoms in total. The van der Waals surface area contributed by atoms with Crippen molar-refractivity contribution in [1.82, 2.24) is 9.80 Å². The fraction of sp³-hybridized carbons (Fsp3) is 0.324. The molecule has 4 aromatic carbocycles. The second-order valence-electron chi connectivity index (χ2n) is 11.4. The molecule has 0 atom stereocenters. The van der Waals surface area contributed by atoms with Crippen molar-refractivity contribution in [2.75, 3.05) is 44.7 Å². The Hall–Kier alpha value is -4.09. The van der Waals surface area contributed by atoms with Crippen LogP contribution in [0.2, 0.25) is 0 Å². The summed E-state index contributed by atoms with van der Waals surface area (Å²) in [5.74, 6) is 1.01. The maximum atomic E-state index is 13.9. The molecule has 5 rings (SSSR count). The van der Waals surface area contributed by atoms with Crippen molar-refractivity contribution < 1.29 is 9.53 Å². The zero-order valence-corrected chi connectivity index (χ0v) is 25.2. The number of rotatable bonds is 11. The van der Waals surface area contributed by atoms with Gasteiger partial charge in [0.25, 0.3) is 5.91 Å². The van der Waals surface area contributed by atoms with E-state index < -0.39 is 0 Å². The second kappa shape index (κ2) is 14.2. The number of carbonyl (C=O) groups is 1. The van der Waals surface area contributed by atoms with Crippen molar-refractivity contribution in [2.24, 2.45) is 0 Å². The van der Waals surface area contributed by atoms with Gasteiger partial charge in [-0.15, -0.1) is 0 Å². The molecule has 4 aromatic rings. The molecule has 0 spiro atoms. The Morgan fingerprint density at radius 1 is 0.786 bits per heavy atom. The summed E-state index contributed by atoms with van der Waals surface area (Å²) in [5.41, 5.74) is 5.57. The molecule has 0 bridgehead atoms. The van der Waals surface area contributed by atoms with Crippen LogP contribution in [0.25, 0.3) is 0 Å². The standard InChI is InChI=1S/C37H43N3O2/c1-29(2)40(28-30-13-7-4-8-14-30)37(41)35-27-33(19-20-36(35)42-3)39-25-23-38(24-26-39)22-21-34(31-15-9-5-10-16-31)32-17-11-6-12-18-32/h4-20,27,29,34H,21-26,28H2,1-3H3. The van der Waals surface area contributed by atoms with Gasteiger partial charge in [0, 0.05) is 50.4 Å². The first-order chi connectivity index (χ1) is 20.5. The number of hydrogen-bond acceptors (Lipinski definition) is 4. The van der Waals surface area contributed by atoms with Crippen LogP contribution in [0, 0.1) is 0 Å². The van der Waals surface area contributed by atoms with E-state index in [1.165, 1.54) is 11.1 Å². The third-order valence-electron chi connectivity index (χ3n) is 8.37. The Bertz CT molecular complexity index is 1360. The summed E-state index contributed by atoms with van der Waals surface area (Å²) < 4.78 is 5.66. The van der Waals surface area contributed by atoms with Gasteiger partial charge in [-0.2, -0.15) is 0 Å². The number of anilines is 1. The van der Waals surface area contributed by atoms with Gasteiger partial charge in [-0.25, -0.2) is 0 Å². The second-order valence-corrected chi connectivity index (χ2v) is 11.4. The SMILES string of the molecule is COc1ccc(N2CCN(CCC(c3ccccc3)c3ccccc3)CC2)cc1C(=O)N(Cc1ccccc1)C(C)C. The summed E-state index contributed by atoms with van der Waals surface area (Å²) in [5, 5.41) is 0. The van der Waals surface area contributed by atoms with Gasteiger partial charge >= 0.3 is 0 Å². The fourth-order valence-electron chi connectivity index (χ4n) is 5.92. The molecule has 218 valence electrons. The molecule has 0 aromatic heterocycles. The molecule has 42 heavy (non-hydrogen) atoms. The Balaban J connectivity index is 1.24. The van der Waals surface area contributed by atoms with Crippen LogP contribution in [0.1, 0.15) is 53.2 Å². The minimum atomic E-state index is -0.000875. The lowest BCUT2D eigenvalue weighted by Crippen LogP contribution is -2.47. The molecular formula is C37H43N3O2. The molecule has 1 aliphatic heterocycles. The topological polar surface area (TPSA) is 36.0 Å². The fourth-order valence-corrected chi connectivity index (χ4v) is 5.92. The van der Waals surface area contributed by atoms with Crippen molar-refractivity contribution in [3.8, 4) is 5.75 Å². The summed E-state index contributed by atoms with van der Waals surface area (Å²) in [4.78, 5) is 20.8. The lowest BCUT2D eigenvalue weighted by Gasteiger charge is -2.37.